The van der Waals surface area contributed by atoms with Crippen molar-refractivity contribution < 1.29 is 29.0 Å². The van der Waals surface area contributed by atoms with Gasteiger partial charge in [0.05, 0.1) is 24.0 Å². The van der Waals surface area contributed by atoms with Gasteiger partial charge in [0.15, 0.2) is 28.8 Å². The van der Waals surface area contributed by atoms with Crippen LogP contribution in [0.25, 0.3) is 0 Å². The summed E-state index contributed by atoms with van der Waals surface area (Å²) in [6.07, 6.45) is 0.0743. The molecule has 1 aliphatic rings. The number of nitro benzene ring substituents is 1. The van der Waals surface area contributed by atoms with Crippen LogP contribution in [0.1, 0.15) is 20.3 Å². The highest BCUT2D eigenvalue weighted by Crippen LogP contribution is 2.47. The Morgan fingerprint density at radius 3 is 2.41 bits per heavy atom. The SMILES string of the molecule is CC(C)(O)OCCC(=O)Nc1ccc2c(c1)Oc1ccc([N+](=O)[O-])cc1O2. The predicted molar refractivity (Wildman–Crippen MR) is 95.2 cm³/mol. The van der Waals surface area contributed by atoms with E-state index in [1.807, 2.05) is 0 Å². The van der Waals surface area contributed by atoms with Gasteiger partial charge in [-0.05, 0) is 32.0 Å². The van der Waals surface area contributed by atoms with Crippen LogP contribution in [0, 0.1) is 10.1 Å². The molecule has 1 aliphatic heterocycles. The fraction of sp³-hybridized carbons (Fsp3) is 0.278. The number of non-ortho nitro benzene ring substituents is 1. The number of hydrogen-bond donors (Lipinski definition) is 2. The van der Waals surface area contributed by atoms with Crippen LogP contribution in [0.2, 0.25) is 0 Å². The van der Waals surface area contributed by atoms with E-state index in [9.17, 15) is 20.0 Å². The quantitative estimate of drug-likeness (QED) is 0.384. The predicted octanol–water partition coefficient (Wildman–Crippen LogP) is 3.57. The molecule has 0 spiro atoms. The van der Waals surface area contributed by atoms with E-state index in [2.05, 4.69) is 5.32 Å². The largest absolute Gasteiger partial charge is 0.449 e. The van der Waals surface area contributed by atoms with Crippen molar-refractivity contribution in [2.75, 3.05) is 11.9 Å². The van der Waals surface area contributed by atoms with Gasteiger partial charge >= 0.3 is 0 Å². The molecule has 27 heavy (non-hydrogen) atoms. The Labute approximate surface area is 154 Å². The van der Waals surface area contributed by atoms with Crippen molar-refractivity contribution in [1.82, 2.24) is 0 Å². The van der Waals surface area contributed by atoms with Crippen LogP contribution in [0.4, 0.5) is 11.4 Å². The zero-order chi connectivity index (χ0) is 19.6. The number of hydrogen-bond acceptors (Lipinski definition) is 7. The second kappa shape index (κ2) is 7.22. The molecule has 3 rings (SSSR count). The minimum Gasteiger partial charge on any atom is -0.449 e. The molecule has 2 N–H and O–H groups in total. The number of aliphatic hydroxyl groups is 1. The summed E-state index contributed by atoms with van der Waals surface area (Å²) >= 11 is 0. The number of ether oxygens (including phenoxy) is 3. The van der Waals surface area contributed by atoms with E-state index in [-0.39, 0.29) is 30.4 Å². The van der Waals surface area contributed by atoms with E-state index in [4.69, 9.17) is 14.2 Å². The molecule has 2 aromatic carbocycles. The Balaban J connectivity index is 1.66. The third-order valence-electron chi connectivity index (χ3n) is 3.59. The maximum Gasteiger partial charge on any atom is 0.273 e. The van der Waals surface area contributed by atoms with Gasteiger partial charge in [-0.3, -0.25) is 14.9 Å². The van der Waals surface area contributed by atoms with Crippen LogP contribution in [0.3, 0.4) is 0 Å². The van der Waals surface area contributed by atoms with Gasteiger partial charge in [-0.15, -0.1) is 0 Å². The Morgan fingerprint density at radius 1 is 1.15 bits per heavy atom. The fourth-order valence-corrected chi connectivity index (χ4v) is 2.38. The van der Waals surface area contributed by atoms with E-state index in [0.29, 0.717) is 22.9 Å². The van der Waals surface area contributed by atoms with Crippen LogP contribution in [0.5, 0.6) is 23.0 Å². The van der Waals surface area contributed by atoms with Crippen molar-refractivity contribution in [2.24, 2.45) is 0 Å². The number of fused-ring (bicyclic) bond motifs is 2. The molecular formula is C18H18N2O7. The summed E-state index contributed by atoms with van der Waals surface area (Å²) in [6.45, 7) is 3.04. The minimum absolute atomic E-state index is 0.0743. The monoisotopic (exact) mass is 374 g/mol. The normalized spacial score (nSPS) is 12.3. The zero-order valence-corrected chi connectivity index (χ0v) is 14.7. The Morgan fingerprint density at radius 2 is 1.78 bits per heavy atom. The summed E-state index contributed by atoms with van der Waals surface area (Å²) in [5.41, 5.74) is 0.397. The lowest BCUT2D eigenvalue weighted by Gasteiger charge is -2.21. The molecule has 0 atom stereocenters. The summed E-state index contributed by atoms with van der Waals surface area (Å²) in [7, 11) is 0. The third kappa shape index (κ3) is 4.72. The smallest absolute Gasteiger partial charge is 0.273 e. The number of amides is 1. The Hall–Kier alpha value is -3.17. The molecule has 0 unspecified atom stereocenters. The lowest BCUT2D eigenvalue weighted by molar-refractivity contribution is -0.384. The van der Waals surface area contributed by atoms with Crippen LogP contribution < -0.4 is 14.8 Å². The van der Waals surface area contributed by atoms with E-state index < -0.39 is 10.7 Å². The number of nitro groups is 1. The molecule has 0 bridgehead atoms. The van der Waals surface area contributed by atoms with Gasteiger partial charge in [-0.2, -0.15) is 0 Å². The molecule has 1 amide bonds. The maximum atomic E-state index is 12.0. The Kier molecular flexibility index (Phi) is 4.98. The van der Waals surface area contributed by atoms with Crippen molar-refractivity contribution in [3.8, 4) is 23.0 Å². The van der Waals surface area contributed by atoms with Gasteiger partial charge in [-0.25, -0.2) is 0 Å². The fourth-order valence-electron chi connectivity index (χ4n) is 2.38. The second-order valence-electron chi connectivity index (χ2n) is 6.35. The molecule has 1 heterocycles. The minimum atomic E-state index is -1.29. The molecule has 142 valence electrons. The van der Waals surface area contributed by atoms with Gasteiger partial charge in [0.2, 0.25) is 5.91 Å². The topological polar surface area (TPSA) is 120 Å². The number of rotatable bonds is 6. The molecular weight excluding hydrogens is 356 g/mol. The van der Waals surface area contributed by atoms with Gasteiger partial charge in [-0.1, -0.05) is 0 Å². The first-order valence-electron chi connectivity index (χ1n) is 8.16. The summed E-state index contributed by atoms with van der Waals surface area (Å²) in [6, 6.07) is 8.88. The summed E-state index contributed by atoms with van der Waals surface area (Å²) in [5, 5.41) is 23.0. The van der Waals surface area contributed by atoms with Crippen molar-refractivity contribution in [3.05, 3.63) is 46.5 Å². The van der Waals surface area contributed by atoms with Crippen molar-refractivity contribution >= 4 is 17.3 Å². The molecule has 0 saturated heterocycles. The van der Waals surface area contributed by atoms with E-state index in [0.717, 1.165) is 0 Å². The van der Waals surface area contributed by atoms with E-state index >= 15 is 0 Å². The molecule has 9 nitrogen and oxygen atoms in total. The van der Waals surface area contributed by atoms with Gasteiger partial charge < -0.3 is 24.6 Å². The first-order valence-corrected chi connectivity index (χ1v) is 8.16. The number of benzene rings is 2. The standard InChI is InChI=1S/C18H18N2O7/c1-18(2,22)25-8-7-17(21)19-11-3-5-13-15(9-11)26-14-6-4-12(20(23)24)10-16(14)27-13/h3-6,9-10,22H,7-8H2,1-2H3,(H,19,21). The van der Waals surface area contributed by atoms with E-state index in [1.54, 1.807) is 18.2 Å². The second-order valence-corrected chi connectivity index (χ2v) is 6.35. The number of carbonyl (C=O) groups excluding carboxylic acids is 1. The van der Waals surface area contributed by atoms with Crippen LogP contribution >= 0.6 is 0 Å². The van der Waals surface area contributed by atoms with Crippen LogP contribution in [-0.2, 0) is 9.53 Å². The first kappa shape index (κ1) is 18.6. The number of nitrogens with one attached hydrogen (secondary N) is 1. The van der Waals surface area contributed by atoms with Gasteiger partial charge in [0, 0.05) is 17.8 Å². The van der Waals surface area contributed by atoms with E-state index in [1.165, 1.54) is 32.0 Å². The zero-order valence-electron chi connectivity index (χ0n) is 14.7. The van der Waals surface area contributed by atoms with Crippen molar-refractivity contribution in [3.63, 3.8) is 0 Å². The summed E-state index contributed by atoms with van der Waals surface area (Å²) < 4.78 is 16.4. The molecule has 0 fully saturated rings. The average Bonchev–Trinajstić information content (AvgIpc) is 2.58. The Bertz CT molecular complexity index is 890. The highest BCUT2D eigenvalue weighted by atomic mass is 16.6. The number of anilines is 1. The highest BCUT2D eigenvalue weighted by molar-refractivity contribution is 5.91. The molecule has 0 aliphatic carbocycles. The number of nitrogens with zero attached hydrogens (tertiary/aromatic N) is 1. The van der Waals surface area contributed by atoms with Crippen LogP contribution in [-0.4, -0.2) is 28.3 Å². The van der Waals surface area contributed by atoms with Crippen molar-refractivity contribution in [2.45, 2.75) is 26.1 Å². The average molecular weight is 374 g/mol. The molecule has 9 heteroatoms. The van der Waals surface area contributed by atoms with Gasteiger partial charge in [0.25, 0.3) is 5.69 Å². The molecule has 0 radical (unpaired) electrons. The lowest BCUT2D eigenvalue weighted by atomic mass is 10.2. The summed E-state index contributed by atoms with van der Waals surface area (Å²) in [4.78, 5) is 22.3. The third-order valence-corrected chi connectivity index (χ3v) is 3.59. The molecule has 0 saturated carbocycles. The highest BCUT2D eigenvalue weighted by Gasteiger charge is 2.22. The number of carbonyl (C=O) groups is 1. The van der Waals surface area contributed by atoms with Crippen LogP contribution in [0.15, 0.2) is 36.4 Å². The molecule has 2 aromatic rings. The lowest BCUT2D eigenvalue weighted by Crippen LogP contribution is -2.25. The molecule has 0 aromatic heterocycles. The van der Waals surface area contributed by atoms with Crippen molar-refractivity contribution in [1.29, 1.82) is 0 Å². The first-order chi connectivity index (χ1) is 12.7. The van der Waals surface area contributed by atoms with Gasteiger partial charge in [0.1, 0.15) is 0 Å². The summed E-state index contributed by atoms with van der Waals surface area (Å²) in [5.74, 6) is -0.229. The maximum absolute atomic E-state index is 12.0.